The fourth-order valence-corrected chi connectivity index (χ4v) is 2.38. The van der Waals surface area contributed by atoms with E-state index >= 15 is 0 Å². The van der Waals surface area contributed by atoms with Crippen LogP contribution in [0.1, 0.15) is 5.56 Å². The third-order valence-corrected chi connectivity index (χ3v) is 3.72. The lowest BCUT2D eigenvalue weighted by atomic mass is 9.86. The lowest BCUT2D eigenvalue weighted by molar-refractivity contribution is -0.178. The van der Waals surface area contributed by atoms with Crippen LogP contribution in [0.4, 0.5) is 0 Å². The molecule has 6 heteroatoms. The first-order valence-electron chi connectivity index (χ1n) is 5.92. The molecule has 1 aliphatic rings. The van der Waals surface area contributed by atoms with Gasteiger partial charge >= 0.3 is 5.97 Å². The van der Waals surface area contributed by atoms with Gasteiger partial charge in [0.05, 0.1) is 20.3 Å². The van der Waals surface area contributed by atoms with Crippen LogP contribution in [0.15, 0.2) is 22.7 Å². The third kappa shape index (κ3) is 3.08. The number of ether oxygens (including phenoxy) is 2. The van der Waals surface area contributed by atoms with Crippen LogP contribution in [0.2, 0.25) is 0 Å². The van der Waals surface area contributed by atoms with Gasteiger partial charge in [0, 0.05) is 23.1 Å². The van der Waals surface area contributed by atoms with Crippen molar-refractivity contribution < 1.29 is 19.4 Å². The second-order valence-corrected chi connectivity index (χ2v) is 5.55. The first-order valence-corrected chi connectivity index (χ1v) is 6.71. The van der Waals surface area contributed by atoms with E-state index in [0.717, 1.165) is 15.8 Å². The number of nitrogens with one attached hydrogen (secondary N) is 1. The number of carboxylic acids is 1. The first kappa shape index (κ1) is 14.3. The zero-order valence-corrected chi connectivity index (χ0v) is 12.2. The number of methoxy groups -OCH3 is 1. The van der Waals surface area contributed by atoms with Gasteiger partial charge in [0.15, 0.2) is 0 Å². The van der Waals surface area contributed by atoms with Gasteiger partial charge in [-0.15, -0.1) is 0 Å². The van der Waals surface area contributed by atoms with Crippen LogP contribution in [0.3, 0.4) is 0 Å². The molecule has 1 aromatic rings. The lowest BCUT2D eigenvalue weighted by Gasteiger charge is -2.37. The first-order chi connectivity index (χ1) is 9.07. The summed E-state index contributed by atoms with van der Waals surface area (Å²) >= 11 is 3.41. The fraction of sp³-hybridized carbons (Fsp3) is 0.462. The average molecular weight is 330 g/mol. The molecule has 1 aromatic carbocycles. The Morgan fingerprint density at radius 3 is 2.84 bits per heavy atom. The molecule has 1 saturated heterocycles. The molecular weight excluding hydrogens is 314 g/mol. The van der Waals surface area contributed by atoms with Crippen LogP contribution in [-0.2, 0) is 16.1 Å². The van der Waals surface area contributed by atoms with Gasteiger partial charge in [0.1, 0.15) is 11.2 Å². The van der Waals surface area contributed by atoms with E-state index < -0.39 is 11.4 Å². The number of carbonyl (C=O) groups is 1. The highest BCUT2D eigenvalue weighted by Gasteiger charge is 2.45. The molecule has 1 aliphatic heterocycles. The molecule has 0 aliphatic carbocycles. The Hall–Kier alpha value is -1.11. The molecule has 0 saturated carbocycles. The summed E-state index contributed by atoms with van der Waals surface area (Å²) in [5.41, 5.74) is 0.205. The number of carboxylic acid groups (broad SMARTS) is 1. The van der Waals surface area contributed by atoms with Crippen LogP contribution >= 0.6 is 15.9 Å². The van der Waals surface area contributed by atoms with Crippen molar-refractivity contribution in [1.82, 2.24) is 5.32 Å². The normalized spacial score (nSPS) is 16.7. The number of aliphatic carboxylic acids is 1. The highest BCUT2D eigenvalue weighted by atomic mass is 79.9. The number of rotatable bonds is 6. The molecule has 0 atom stereocenters. The Labute approximate surface area is 120 Å². The van der Waals surface area contributed by atoms with Crippen LogP contribution < -0.4 is 10.1 Å². The van der Waals surface area contributed by atoms with E-state index in [4.69, 9.17) is 9.47 Å². The van der Waals surface area contributed by atoms with Crippen LogP contribution in [0.25, 0.3) is 0 Å². The minimum atomic E-state index is -0.813. The number of halogens is 1. The van der Waals surface area contributed by atoms with Gasteiger partial charge in [0.25, 0.3) is 0 Å². The van der Waals surface area contributed by atoms with Crippen molar-refractivity contribution in [3.05, 3.63) is 28.2 Å². The maximum atomic E-state index is 11.2. The minimum absolute atomic E-state index is 0.269. The SMILES string of the molecule is COc1ccc(Br)cc1CNCC1(C(=O)O)COC1. The predicted octanol–water partition coefficient (Wildman–Crippen LogP) is 1.65. The maximum Gasteiger partial charge on any atom is 0.315 e. The summed E-state index contributed by atoms with van der Waals surface area (Å²) in [4.78, 5) is 11.2. The molecule has 0 unspecified atom stereocenters. The molecule has 0 radical (unpaired) electrons. The summed E-state index contributed by atoms with van der Waals surface area (Å²) in [6, 6.07) is 5.73. The smallest absolute Gasteiger partial charge is 0.315 e. The van der Waals surface area contributed by atoms with E-state index in [1.54, 1.807) is 7.11 Å². The predicted molar refractivity (Wildman–Crippen MR) is 73.3 cm³/mol. The van der Waals surface area contributed by atoms with Crippen molar-refractivity contribution in [2.75, 3.05) is 26.9 Å². The van der Waals surface area contributed by atoms with E-state index in [0.29, 0.717) is 13.1 Å². The molecule has 0 spiro atoms. The molecule has 1 heterocycles. The number of benzene rings is 1. The van der Waals surface area contributed by atoms with Gasteiger partial charge in [-0.3, -0.25) is 4.79 Å². The third-order valence-electron chi connectivity index (χ3n) is 3.23. The largest absolute Gasteiger partial charge is 0.496 e. The van der Waals surface area contributed by atoms with Crippen molar-refractivity contribution >= 4 is 21.9 Å². The molecule has 2 rings (SSSR count). The van der Waals surface area contributed by atoms with Gasteiger partial charge in [0.2, 0.25) is 0 Å². The molecule has 1 fully saturated rings. The van der Waals surface area contributed by atoms with Crippen molar-refractivity contribution in [1.29, 1.82) is 0 Å². The Bertz CT molecular complexity index is 474. The van der Waals surface area contributed by atoms with Crippen molar-refractivity contribution in [3.63, 3.8) is 0 Å². The van der Waals surface area contributed by atoms with Gasteiger partial charge < -0.3 is 19.9 Å². The summed E-state index contributed by atoms with van der Waals surface area (Å²) in [7, 11) is 1.62. The summed E-state index contributed by atoms with van der Waals surface area (Å²) in [5.74, 6) is -0.0302. The Balaban J connectivity index is 1.95. The average Bonchev–Trinajstić information content (AvgIpc) is 2.32. The fourth-order valence-electron chi connectivity index (χ4n) is 1.97. The summed E-state index contributed by atoms with van der Waals surface area (Å²) < 4.78 is 11.2. The molecule has 5 nitrogen and oxygen atoms in total. The van der Waals surface area contributed by atoms with Crippen molar-refractivity contribution in [3.8, 4) is 5.75 Å². The molecule has 104 valence electrons. The van der Waals surface area contributed by atoms with Gasteiger partial charge in [-0.05, 0) is 18.2 Å². The molecule has 2 N–H and O–H groups in total. The van der Waals surface area contributed by atoms with E-state index in [1.807, 2.05) is 18.2 Å². The van der Waals surface area contributed by atoms with Crippen LogP contribution in [0, 0.1) is 5.41 Å². The Morgan fingerprint density at radius 2 is 2.32 bits per heavy atom. The van der Waals surface area contributed by atoms with Crippen LogP contribution in [-0.4, -0.2) is 37.9 Å². The highest BCUT2D eigenvalue weighted by Crippen LogP contribution is 2.27. The number of hydrogen-bond acceptors (Lipinski definition) is 4. The lowest BCUT2D eigenvalue weighted by Crippen LogP contribution is -2.55. The zero-order chi connectivity index (χ0) is 13.9. The quantitative estimate of drug-likeness (QED) is 0.830. The van der Waals surface area contributed by atoms with Crippen molar-refractivity contribution in [2.45, 2.75) is 6.54 Å². The van der Waals surface area contributed by atoms with E-state index in [1.165, 1.54) is 0 Å². The second-order valence-electron chi connectivity index (χ2n) is 4.64. The molecule has 19 heavy (non-hydrogen) atoms. The van der Waals surface area contributed by atoms with Gasteiger partial charge in [-0.1, -0.05) is 15.9 Å². The molecule has 0 bridgehead atoms. The zero-order valence-electron chi connectivity index (χ0n) is 10.6. The van der Waals surface area contributed by atoms with Gasteiger partial charge in [-0.2, -0.15) is 0 Å². The summed E-state index contributed by atoms with van der Waals surface area (Å²) in [6.45, 7) is 1.48. The standard InChI is InChI=1S/C13H16BrNO4/c1-18-11-3-2-10(14)4-9(11)5-15-6-13(12(16)17)7-19-8-13/h2-4,15H,5-8H2,1H3,(H,16,17). The van der Waals surface area contributed by atoms with Gasteiger partial charge in [-0.25, -0.2) is 0 Å². The van der Waals surface area contributed by atoms with E-state index in [9.17, 15) is 9.90 Å². The van der Waals surface area contributed by atoms with Crippen molar-refractivity contribution in [2.24, 2.45) is 5.41 Å². The molecular formula is C13H16BrNO4. The Kier molecular flexibility index (Phi) is 4.44. The Morgan fingerprint density at radius 1 is 1.58 bits per heavy atom. The molecule has 0 aromatic heterocycles. The number of hydrogen-bond donors (Lipinski definition) is 2. The molecule has 0 amide bonds. The summed E-state index contributed by atoms with van der Waals surface area (Å²) in [5, 5.41) is 12.3. The maximum absolute atomic E-state index is 11.2. The highest BCUT2D eigenvalue weighted by molar-refractivity contribution is 9.10. The second kappa shape index (κ2) is 5.90. The minimum Gasteiger partial charge on any atom is -0.496 e. The van der Waals surface area contributed by atoms with E-state index in [2.05, 4.69) is 21.2 Å². The topological polar surface area (TPSA) is 67.8 Å². The monoisotopic (exact) mass is 329 g/mol. The van der Waals surface area contributed by atoms with Crippen LogP contribution in [0.5, 0.6) is 5.75 Å². The van der Waals surface area contributed by atoms with E-state index in [-0.39, 0.29) is 13.2 Å². The summed E-state index contributed by atoms with van der Waals surface area (Å²) in [6.07, 6.45) is 0.